The molecule has 1 atom stereocenters. The fourth-order valence-electron chi connectivity index (χ4n) is 2.46. The normalized spacial score (nSPS) is 12.8. The highest BCUT2D eigenvalue weighted by atomic mass is 79.9. The predicted octanol–water partition coefficient (Wildman–Crippen LogP) is 3.89. The minimum absolute atomic E-state index is 0.0820. The molecule has 0 bridgehead atoms. The molecule has 22 heavy (non-hydrogen) atoms. The van der Waals surface area contributed by atoms with Crippen molar-refractivity contribution >= 4 is 27.0 Å². The summed E-state index contributed by atoms with van der Waals surface area (Å²) >= 11 is 3.40. The quantitative estimate of drug-likeness (QED) is 0.763. The Morgan fingerprint density at radius 3 is 2.59 bits per heavy atom. The van der Waals surface area contributed by atoms with E-state index in [0.717, 1.165) is 17.1 Å². The average molecular weight is 367 g/mol. The van der Waals surface area contributed by atoms with E-state index in [1.54, 1.807) is 0 Å². The van der Waals surface area contributed by atoms with Crippen molar-refractivity contribution in [1.29, 1.82) is 0 Å². The number of hydrogen-bond acceptors (Lipinski definition) is 2. The Balaban J connectivity index is 1.94. The fraction of sp³-hybridized carbons (Fsp3) is 0.188. The molecule has 114 valence electrons. The largest absolute Gasteiger partial charge is 0.386 e. The summed E-state index contributed by atoms with van der Waals surface area (Å²) in [5.74, 6) is -1.32. The molecule has 0 saturated carbocycles. The van der Waals surface area contributed by atoms with E-state index >= 15 is 0 Å². The number of aliphatic hydroxyl groups is 1. The molecule has 2 heterocycles. The summed E-state index contributed by atoms with van der Waals surface area (Å²) in [6, 6.07) is 6.94. The van der Waals surface area contributed by atoms with Crippen LogP contribution in [0.5, 0.6) is 0 Å². The highest BCUT2D eigenvalue weighted by Gasteiger charge is 2.17. The van der Waals surface area contributed by atoms with Crippen LogP contribution in [0.3, 0.4) is 0 Å². The number of benzene rings is 1. The third-order valence-electron chi connectivity index (χ3n) is 3.51. The SMILES string of the molecule is Cn1ccc2nc(C(O)Cc3cc(F)cc(F)c3)c(Br)cc21. The summed E-state index contributed by atoms with van der Waals surface area (Å²) in [7, 11) is 1.90. The van der Waals surface area contributed by atoms with E-state index < -0.39 is 17.7 Å². The first-order valence-corrected chi connectivity index (χ1v) is 7.48. The van der Waals surface area contributed by atoms with Crippen LogP contribution in [0, 0.1) is 11.6 Å². The summed E-state index contributed by atoms with van der Waals surface area (Å²) in [6.45, 7) is 0. The summed E-state index contributed by atoms with van der Waals surface area (Å²) < 4.78 is 29.0. The van der Waals surface area contributed by atoms with Crippen molar-refractivity contribution in [3.8, 4) is 0 Å². The molecule has 0 aliphatic heterocycles. The second-order valence-corrected chi connectivity index (χ2v) is 6.04. The molecule has 0 radical (unpaired) electrons. The third-order valence-corrected chi connectivity index (χ3v) is 4.15. The molecule has 0 spiro atoms. The van der Waals surface area contributed by atoms with Gasteiger partial charge in [0, 0.05) is 30.2 Å². The second-order valence-electron chi connectivity index (χ2n) is 5.18. The maximum atomic E-state index is 13.2. The Hall–Kier alpha value is -1.79. The first kappa shape index (κ1) is 15.1. The third kappa shape index (κ3) is 2.89. The van der Waals surface area contributed by atoms with Gasteiger partial charge in [0.2, 0.25) is 0 Å². The van der Waals surface area contributed by atoms with Gasteiger partial charge in [0.05, 0.1) is 16.7 Å². The van der Waals surface area contributed by atoms with Gasteiger partial charge in [0.1, 0.15) is 17.7 Å². The molecule has 0 aliphatic rings. The van der Waals surface area contributed by atoms with Gasteiger partial charge in [-0.3, -0.25) is 0 Å². The van der Waals surface area contributed by atoms with Gasteiger partial charge in [-0.05, 0) is 45.8 Å². The van der Waals surface area contributed by atoms with Crippen molar-refractivity contribution in [3.63, 3.8) is 0 Å². The Kier molecular flexibility index (Phi) is 3.97. The molecule has 1 aromatic carbocycles. The molecule has 3 aromatic rings. The molecular formula is C16H13BrF2N2O. The van der Waals surface area contributed by atoms with Gasteiger partial charge >= 0.3 is 0 Å². The van der Waals surface area contributed by atoms with Crippen molar-refractivity contribution < 1.29 is 13.9 Å². The maximum Gasteiger partial charge on any atom is 0.126 e. The van der Waals surface area contributed by atoms with Gasteiger partial charge < -0.3 is 9.67 Å². The smallest absolute Gasteiger partial charge is 0.126 e. The van der Waals surface area contributed by atoms with Gasteiger partial charge in [-0.15, -0.1) is 0 Å². The average Bonchev–Trinajstić information content (AvgIpc) is 2.77. The predicted molar refractivity (Wildman–Crippen MR) is 83.4 cm³/mol. The number of hydrogen-bond donors (Lipinski definition) is 1. The summed E-state index contributed by atoms with van der Waals surface area (Å²) in [4.78, 5) is 4.43. The van der Waals surface area contributed by atoms with Gasteiger partial charge in [-0.25, -0.2) is 13.8 Å². The number of halogens is 3. The molecule has 1 unspecified atom stereocenters. The molecular weight excluding hydrogens is 354 g/mol. The molecule has 6 heteroatoms. The molecule has 3 rings (SSSR count). The van der Waals surface area contributed by atoms with Crippen LogP contribution in [-0.2, 0) is 13.5 Å². The lowest BCUT2D eigenvalue weighted by atomic mass is 10.0. The van der Waals surface area contributed by atoms with Crippen LogP contribution in [0.15, 0.2) is 41.0 Å². The zero-order chi connectivity index (χ0) is 15.9. The number of rotatable bonds is 3. The number of aliphatic hydroxyl groups excluding tert-OH is 1. The van der Waals surface area contributed by atoms with E-state index in [1.807, 2.05) is 29.9 Å². The number of aromatic nitrogens is 2. The van der Waals surface area contributed by atoms with Crippen LogP contribution in [0.25, 0.3) is 11.0 Å². The van der Waals surface area contributed by atoms with Gasteiger partial charge in [-0.2, -0.15) is 0 Å². The number of nitrogens with zero attached hydrogens (tertiary/aromatic N) is 2. The van der Waals surface area contributed by atoms with Gasteiger partial charge in [0.25, 0.3) is 0 Å². The lowest BCUT2D eigenvalue weighted by molar-refractivity contribution is 0.173. The second kappa shape index (κ2) is 5.78. The van der Waals surface area contributed by atoms with Crippen LogP contribution in [0.4, 0.5) is 8.78 Å². The van der Waals surface area contributed by atoms with Crippen LogP contribution >= 0.6 is 15.9 Å². The van der Waals surface area contributed by atoms with Gasteiger partial charge in [-0.1, -0.05) is 0 Å². The Morgan fingerprint density at radius 1 is 1.23 bits per heavy atom. The lowest BCUT2D eigenvalue weighted by Crippen LogP contribution is -2.06. The van der Waals surface area contributed by atoms with Crippen LogP contribution in [0.2, 0.25) is 0 Å². The molecule has 3 nitrogen and oxygen atoms in total. The van der Waals surface area contributed by atoms with E-state index in [-0.39, 0.29) is 6.42 Å². The van der Waals surface area contributed by atoms with Gasteiger partial charge in [0.15, 0.2) is 0 Å². The van der Waals surface area contributed by atoms with Crippen LogP contribution in [-0.4, -0.2) is 14.7 Å². The Bertz CT molecular complexity index is 827. The number of aryl methyl sites for hydroxylation is 1. The highest BCUT2D eigenvalue weighted by molar-refractivity contribution is 9.10. The van der Waals surface area contributed by atoms with Crippen molar-refractivity contribution in [2.24, 2.45) is 7.05 Å². The molecule has 2 aromatic heterocycles. The molecule has 0 amide bonds. The summed E-state index contributed by atoms with van der Waals surface area (Å²) in [6.07, 6.45) is 1.00. The zero-order valence-corrected chi connectivity index (χ0v) is 13.3. The zero-order valence-electron chi connectivity index (χ0n) is 11.7. The molecule has 0 saturated heterocycles. The Labute approximate surface area is 134 Å². The van der Waals surface area contributed by atoms with Crippen LogP contribution in [0.1, 0.15) is 17.4 Å². The van der Waals surface area contributed by atoms with E-state index in [2.05, 4.69) is 20.9 Å². The van der Waals surface area contributed by atoms with Crippen molar-refractivity contribution in [3.05, 3.63) is 63.9 Å². The number of fused-ring (bicyclic) bond motifs is 1. The molecule has 0 aliphatic carbocycles. The van der Waals surface area contributed by atoms with Crippen molar-refractivity contribution in [1.82, 2.24) is 9.55 Å². The highest BCUT2D eigenvalue weighted by Crippen LogP contribution is 2.28. The standard InChI is InChI=1S/C16H13BrF2N2O/c1-21-3-2-13-14(21)8-12(17)16(20-13)15(22)6-9-4-10(18)7-11(19)5-9/h2-5,7-8,15,22H,6H2,1H3. The minimum atomic E-state index is -0.958. The van der Waals surface area contributed by atoms with Crippen molar-refractivity contribution in [2.75, 3.05) is 0 Å². The summed E-state index contributed by atoms with van der Waals surface area (Å²) in [5.41, 5.74) is 2.51. The van der Waals surface area contributed by atoms with E-state index in [1.165, 1.54) is 12.1 Å². The molecule has 1 N–H and O–H groups in total. The van der Waals surface area contributed by atoms with Crippen LogP contribution < -0.4 is 0 Å². The molecule has 0 fully saturated rings. The minimum Gasteiger partial charge on any atom is -0.386 e. The first-order chi connectivity index (χ1) is 10.4. The van der Waals surface area contributed by atoms with E-state index in [4.69, 9.17) is 0 Å². The fourth-order valence-corrected chi connectivity index (χ4v) is 3.03. The van der Waals surface area contributed by atoms with E-state index in [0.29, 0.717) is 15.7 Å². The topological polar surface area (TPSA) is 38.0 Å². The first-order valence-electron chi connectivity index (χ1n) is 6.68. The van der Waals surface area contributed by atoms with Crippen molar-refractivity contribution in [2.45, 2.75) is 12.5 Å². The maximum absolute atomic E-state index is 13.2. The monoisotopic (exact) mass is 366 g/mol. The summed E-state index contributed by atoms with van der Waals surface area (Å²) in [5, 5.41) is 10.4. The Morgan fingerprint density at radius 2 is 1.91 bits per heavy atom. The van der Waals surface area contributed by atoms with E-state index in [9.17, 15) is 13.9 Å². The number of pyridine rings is 1. The lowest BCUT2D eigenvalue weighted by Gasteiger charge is -2.13.